The Kier molecular flexibility index (Phi) is 4.72. The smallest absolute Gasteiger partial charge is 0.0986 e. The summed E-state index contributed by atoms with van der Waals surface area (Å²) in [6, 6.07) is 6.77. The average Bonchev–Trinajstić information content (AvgIpc) is 2.20. The minimum Gasteiger partial charge on any atom is -0.369 e. The Morgan fingerprint density at radius 2 is 1.88 bits per heavy atom. The van der Waals surface area contributed by atoms with Gasteiger partial charge in [-0.1, -0.05) is 39.0 Å². The largest absolute Gasteiger partial charge is 0.369 e. The second-order valence-corrected chi connectivity index (χ2v) is 5.82. The minimum absolute atomic E-state index is 0.211. The van der Waals surface area contributed by atoms with E-state index in [1.54, 1.807) is 7.11 Å². The van der Waals surface area contributed by atoms with Crippen LogP contribution in [0.4, 0.5) is 0 Å². The minimum atomic E-state index is 0.211. The van der Waals surface area contributed by atoms with E-state index in [9.17, 15) is 0 Å². The van der Waals surface area contributed by atoms with E-state index in [-0.39, 0.29) is 5.41 Å². The lowest BCUT2D eigenvalue weighted by molar-refractivity contribution is 0.0770. The molecule has 0 aliphatic heterocycles. The molecular formula is C15H25NO. The maximum Gasteiger partial charge on any atom is 0.0986 e. The van der Waals surface area contributed by atoms with Crippen molar-refractivity contribution in [3.63, 3.8) is 0 Å². The zero-order valence-electron chi connectivity index (χ0n) is 12.0. The van der Waals surface area contributed by atoms with Gasteiger partial charge in [0.1, 0.15) is 0 Å². The van der Waals surface area contributed by atoms with Crippen LogP contribution in [-0.4, -0.2) is 25.8 Å². The molecule has 0 saturated carbocycles. The van der Waals surface area contributed by atoms with Crippen LogP contribution < -0.4 is 0 Å². The van der Waals surface area contributed by atoms with Crippen LogP contribution in [0.15, 0.2) is 18.2 Å². The summed E-state index contributed by atoms with van der Waals surface area (Å²) in [6.07, 6.45) is 0. The molecule has 2 heteroatoms. The Hall–Kier alpha value is -0.860. The summed E-state index contributed by atoms with van der Waals surface area (Å²) in [4.78, 5) is 2.18. The van der Waals surface area contributed by atoms with Crippen LogP contribution in [0, 0.1) is 6.92 Å². The van der Waals surface area contributed by atoms with Crippen molar-refractivity contribution in [3.8, 4) is 0 Å². The third-order valence-electron chi connectivity index (χ3n) is 3.00. The van der Waals surface area contributed by atoms with Crippen LogP contribution >= 0.6 is 0 Å². The van der Waals surface area contributed by atoms with Gasteiger partial charge >= 0.3 is 0 Å². The second-order valence-electron chi connectivity index (χ2n) is 5.82. The molecule has 0 radical (unpaired) electrons. The molecule has 1 rings (SSSR count). The Morgan fingerprint density at radius 1 is 1.24 bits per heavy atom. The molecule has 96 valence electrons. The monoisotopic (exact) mass is 235 g/mol. The van der Waals surface area contributed by atoms with E-state index in [2.05, 4.69) is 57.8 Å². The van der Waals surface area contributed by atoms with E-state index in [1.165, 1.54) is 16.7 Å². The number of hydrogen-bond acceptors (Lipinski definition) is 2. The van der Waals surface area contributed by atoms with Crippen molar-refractivity contribution in [2.45, 2.75) is 39.7 Å². The van der Waals surface area contributed by atoms with Gasteiger partial charge in [0.15, 0.2) is 0 Å². The Balaban J connectivity index is 2.91. The fraction of sp³-hybridized carbons (Fsp3) is 0.600. The first kappa shape index (κ1) is 14.2. The third-order valence-corrected chi connectivity index (χ3v) is 3.00. The molecule has 0 aromatic heterocycles. The molecule has 2 nitrogen and oxygen atoms in total. The predicted octanol–water partition coefficient (Wildman–Crippen LogP) is 3.33. The van der Waals surface area contributed by atoms with E-state index >= 15 is 0 Å². The fourth-order valence-corrected chi connectivity index (χ4v) is 1.87. The molecule has 1 aromatic carbocycles. The number of aryl methyl sites for hydroxylation is 1. The number of methoxy groups -OCH3 is 1. The lowest BCUT2D eigenvalue weighted by Crippen LogP contribution is -2.21. The predicted molar refractivity (Wildman–Crippen MR) is 73.2 cm³/mol. The molecule has 1 aromatic rings. The molecule has 0 unspecified atom stereocenters. The van der Waals surface area contributed by atoms with Crippen molar-refractivity contribution in [1.82, 2.24) is 4.90 Å². The van der Waals surface area contributed by atoms with Crippen LogP contribution in [0.3, 0.4) is 0 Å². The van der Waals surface area contributed by atoms with Gasteiger partial charge in [0.25, 0.3) is 0 Å². The number of benzene rings is 1. The van der Waals surface area contributed by atoms with Crippen LogP contribution in [0.25, 0.3) is 0 Å². The van der Waals surface area contributed by atoms with E-state index in [0.717, 1.165) is 6.54 Å². The Morgan fingerprint density at radius 3 is 2.41 bits per heavy atom. The first-order chi connectivity index (χ1) is 7.84. The van der Waals surface area contributed by atoms with Gasteiger partial charge in [0, 0.05) is 13.7 Å². The summed E-state index contributed by atoms with van der Waals surface area (Å²) >= 11 is 0. The lowest BCUT2D eigenvalue weighted by Gasteiger charge is -2.22. The van der Waals surface area contributed by atoms with Crippen molar-refractivity contribution in [3.05, 3.63) is 34.9 Å². The van der Waals surface area contributed by atoms with Gasteiger partial charge in [-0.15, -0.1) is 0 Å². The summed E-state index contributed by atoms with van der Waals surface area (Å²) in [5.41, 5.74) is 4.34. The average molecular weight is 235 g/mol. The van der Waals surface area contributed by atoms with Crippen molar-refractivity contribution in [1.29, 1.82) is 0 Å². The molecule has 0 aliphatic rings. The molecule has 0 bridgehead atoms. The van der Waals surface area contributed by atoms with Gasteiger partial charge in [0.05, 0.1) is 6.73 Å². The molecule has 0 heterocycles. The third kappa shape index (κ3) is 4.14. The maximum atomic E-state index is 5.14. The molecule has 17 heavy (non-hydrogen) atoms. The number of rotatable bonds is 4. The summed E-state index contributed by atoms with van der Waals surface area (Å²) in [7, 11) is 3.81. The molecule has 0 aliphatic carbocycles. The quantitative estimate of drug-likeness (QED) is 0.742. The Labute approximate surface area is 106 Å². The molecule has 0 amide bonds. The maximum absolute atomic E-state index is 5.14. The number of nitrogens with zero attached hydrogens (tertiary/aromatic N) is 1. The van der Waals surface area contributed by atoms with Gasteiger partial charge in [-0.3, -0.25) is 4.90 Å². The number of hydrogen-bond donors (Lipinski definition) is 0. The molecule has 0 spiro atoms. The second kappa shape index (κ2) is 5.65. The molecule has 0 atom stereocenters. The molecule has 0 saturated heterocycles. The van der Waals surface area contributed by atoms with Crippen LogP contribution in [0.1, 0.15) is 37.5 Å². The van der Waals surface area contributed by atoms with Crippen LogP contribution in [0.2, 0.25) is 0 Å². The summed E-state index contributed by atoms with van der Waals surface area (Å²) in [5, 5.41) is 0. The normalized spacial score (nSPS) is 12.2. The molecular weight excluding hydrogens is 210 g/mol. The highest BCUT2D eigenvalue weighted by atomic mass is 16.5. The highest BCUT2D eigenvalue weighted by molar-refractivity contribution is 5.34. The number of ether oxygens (including phenoxy) is 1. The topological polar surface area (TPSA) is 12.5 Å². The van der Waals surface area contributed by atoms with E-state index < -0.39 is 0 Å². The van der Waals surface area contributed by atoms with Crippen molar-refractivity contribution in [2.75, 3.05) is 20.9 Å². The molecule has 0 N–H and O–H groups in total. The highest BCUT2D eigenvalue weighted by Crippen LogP contribution is 2.24. The van der Waals surface area contributed by atoms with Gasteiger partial charge in [-0.05, 0) is 36.1 Å². The Bertz CT molecular complexity index is 366. The van der Waals surface area contributed by atoms with Gasteiger partial charge < -0.3 is 4.74 Å². The first-order valence-corrected chi connectivity index (χ1v) is 6.12. The highest BCUT2D eigenvalue weighted by Gasteiger charge is 2.15. The van der Waals surface area contributed by atoms with Crippen LogP contribution in [0.5, 0.6) is 0 Å². The fourth-order valence-electron chi connectivity index (χ4n) is 1.87. The van der Waals surface area contributed by atoms with Crippen LogP contribution in [-0.2, 0) is 16.7 Å². The van der Waals surface area contributed by atoms with E-state index in [4.69, 9.17) is 4.74 Å². The van der Waals surface area contributed by atoms with E-state index in [0.29, 0.717) is 6.73 Å². The summed E-state index contributed by atoms with van der Waals surface area (Å²) in [5.74, 6) is 0. The van der Waals surface area contributed by atoms with Gasteiger partial charge in [-0.25, -0.2) is 0 Å². The van der Waals surface area contributed by atoms with Gasteiger partial charge in [-0.2, -0.15) is 0 Å². The van der Waals surface area contributed by atoms with Crippen molar-refractivity contribution < 1.29 is 4.74 Å². The van der Waals surface area contributed by atoms with Crippen molar-refractivity contribution in [2.24, 2.45) is 0 Å². The molecule has 0 fully saturated rings. The van der Waals surface area contributed by atoms with E-state index in [1.807, 2.05) is 0 Å². The zero-order valence-corrected chi connectivity index (χ0v) is 12.0. The zero-order chi connectivity index (χ0) is 13.1. The standard InChI is InChI=1S/C15H25NO/c1-12-7-8-14(15(2,3)4)9-13(12)10-16(5)11-17-6/h7-9H,10-11H2,1-6H3. The first-order valence-electron chi connectivity index (χ1n) is 6.12. The lowest BCUT2D eigenvalue weighted by atomic mass is 9.85. The summed E-state index contributed by atoms with van der Waals surface area (Å²) < 4.78 is 5.14. The SMILES string of the molecule is COCN(C)Cc1cc(C(C)(C)C)ccc1C. The van der Waals surface area contributed by atoms with Crippen molar-refractivity contribution >= 4 is 0 Å². The van der Waals surface area contributed by atoms with Gasteiger partial charge in [0.2, 0.25) is 0 Å². The summed E-state index contributed by atoms with van der Waals surface area (Å²) in [6.45, 7) is 10.5.